The molecule has 1 aliphatic rings. The van der Waals surface area contributed by atoms with Crippen molar-refractivity contribution in [3.8, 4) is 11.6 Å². The number of aromatic nitrogens is 3. The number of hydrogen-bond donors (Lipinski definition) is 1. The summed E-state index contributed by atoms with van der Waals surface area (Å²) in [5.41, 5.74) is 0.796. The minimum atomic E-state index is -2.87. The van der Waals surface area contributed by atoms with Gasteiger partial charge in [-0.1, -0.05) is 29.9 Å². The standard InChI is InChI=1S/C17H18F2N4O2S/c18-16(19)25-12-6-4-5-11(9-12)13(22-7-2-1-3-8-22)14-15(24)23-17(26-14)20-10-21-23/h4-6,9-10,13,16,24H,1-3,7-8H2/t13-/m1/s1. The Morgan fingerprint density at radius 2 is 2.00 bits per heavy atom. The molecule has 1 aliphatic heterocycles. The molecule has 1 N–H and O–H groups in total. The SMILES string of the molecule is Oc1c([C@@H](c2cccc(OC(F)F)c2)N2CCCCC2)sc2ncnn12. The van der Waals surface area contributed by atoms with Gasteiger partial charge in [-0.25, -0.2) is 4.98 Å². The predicted octanol–water partition coefficient (Wildman–Crippen LogP) is 3.67. The number of hydrogen-bond acceptors (Lipinski definition) is 6. The maximum atomic E-state index is 12.6. The first-order valence-corrected chi connectivity index (χ1v) is 9.25. The van der Waals surface area contributed by atoms with E-state index >= 15 is 0 Å². The summed E-state index contributed by atoms with van der Waals surface area (Å²) < 4.78 is 31.2. The van der Waals surface area contributed by atoms with Gasteiger partial charge in [-0.15, -0.1) is 0 Å². The third kappa shape index (κ3) is 3.24. The Hall–Kier alpha value is -2.26. The molecule has 9 heteroatoms. The smallest absolute Gasteiger partial charge is 0.387 e. The molecule has 3 aromatic rings. The van der Waals surface area contributed by atoms with Crippen LogP contribution in [0, 0.1) is 0 Å². The fraction of sp³-hybridized carbons (Fsp3) is 0.412. The van der Waals surface area contributed by atoms with Gasteiger partial charge in [0, 0.05) is 0 Å². The highest BCUT2D eigenvalue weighted by Gasteiger charge is 2.30. The number of halogens is 2. The number of fused-ring (bicyclic) bond motifs is 1. The second-order valence-electron chi connectivity index (χ2n) is 6.19. The van der Waals surface area contributed by atoms with Gasteiger partial charge in [-0.05, 0) is 43.6 Å². The van der Waals surface area contributed by atoms with Gasteiger partial charge in [-0.3, -0.25) is 4.90 Å². The van der Waals surface area contributed by atoms with E-state index in [0.29, 0.717) is 9.84 Å². The van der Waals surface area contributed by atoms with Gasteiger partial charge in [-0.2, -0.15) is 18.4 Å². The first-order chi connectivity index (χ1) is 12.6. The number of benzene rings is 1. The second kappa shape index (κ2) is 7.16. The first kappa shape index (κ1) is 17.2. The third-order valence-corrected chi connectivity index (χ3v) is 5.63. The van der Waals surface area contributed by atoms with Crippen LogP contribution in [0.25, 0.3) is 4.96 Å². The molecule has 1 fully saturated rings. The van der Waals surface area contributed by atoms with E-state index in [1.54, 1.807) is 12.1 Å². The minimum Gasteiger partial charge on any atom is -0.492 e. The molecule has 0 bridgehead atoms. The summed E-state index contributed by atoms with van der Waals surface area (Å²) in [5, 5.41) is 14.7. The first-order valence-electron chi connectivity index (χ1n) is 8.43. The lowest BCUT2D eigenvalue weighted by Crippen LogP contribution is -2.34. The Morgan fingerprint density at radius 1 is 1.19 bits per heavy atom. The number of likely N-dealkylation sites (tertiary alicyclic amines) is 1. The van der Waals surface area contributed by atoms with E-state index in [4.69, 9.17) is 0 Å². The molecule has 1 saturated heterocycles. The number of nitrogens with zero attached hydrogens (tertiary/aromatic N) is 4. The molecule has 0 spiro atoms. The molecule has 1 aromatic carbocycles. The van der Waals surface area contributed by atoms with Crippen LogP contribution in [0.2, 0.25) is 0 Å². The van der Waals surface area contributed by atoms with Crippen molar-refractivity contribution in [2.75, 3.05) is 13.1 Å². The summed E-state index contributed by atoms with van der Waals surface area (Å²) in [6, 6.07) is 6.42. The molecule has 2 aromatic heterocycles. The molecule has 0 aliphatic carbocycles. The zero-order valence-electron chi connectivity index (χ0n) is 13.9. The highest BCUT2D eigenvalue weighted by molar-refractivity contribution is 7.17. The van der Waals surface area contributed by atoms with Crippen LogP contribution >= 0.6 is 11.3 Å². The molecule has 0 radical (unpaired) electrons. The normalized spacial score (nSPS) is 17.0. The molecular formula is C17H18F2N4O2S. The third-order valence-electron chi connectivity index (χ3n) is 4.54. The van der Waals surface area contributed by atoms with Gasteiger partial charge in [0.25, 0.3) is 0 Å². The van der Waals surface area contributed by atoms with Gasteiger partial charge in [0.05, 0.1) is 10.9 Å². The van der Waals surface area contributed by atoms with Crippen LogP contribution in [0.3, 0.4) is 0 Å². The number of aromatic hydroxyl groups is 1. The van der Waals surface area contributed by atoms with E-state index < -0.39 is 6.61 Å². The number of rotatable bonds is 5. The second-order valence-corrected chi connectivity index (χ2v) is 7.20. The van der Waals surface area contributed by atoms with Crippen LogP contribution in [-0.2, 0) is 0 Å². The molecular weight excluding hydrogens is 362 g/mol. The van der Waals surface area contributed by atoms with Crippen molar-refractivity contribution in [2.24, 2.45) is 0 Å². The van der Waals surface area contributed by atoms with Crippen LogP contribution in [0.15, 0.2) is 30.6 Å². The zero-order valence-corrected chi connectivity index (χ0v) is 14.7. The number of piperidine rings is 1. The average Bonchev–Trinajstić information content (AvgIpc) is 3.20. The summed E-state index contributed by atoms with van der Waals surface area (Å²) >= 11 is 1.36. The number of alkyl halides is 2. The summed E-state index contributed by atoms with van der Waals surface area (Å²) in [4.78, 5) is 7.71. The Labute approximate surface area is 152 Å². The van der Waals surface area contributed by atoms with Gasteiger partial charge >= 0.3 is 6.61 Å². The fourth-order valence-corrected chi connectivity index (χ4v) is 4.53. The van der Waals surface area contributed by atoms with Gasteiger partial charge in [0.2, 0.25) is 10.8 Å². The monoisotopic (exact) mass is 380 g/mol. The van der Waals surface area contributed by atoms with Crippen molar-refractivity contribution >= 4 is 16.3 Å². The largest absolute Gasteiger partial charge is 0.492 e. The van der Waals surface area contributed by atoms with E-state index in [-0.39, 0.29) is 17.7 Å². The van der Waals surface area contributed by atoms with Crippen molar-refractivity contribution in [3.63, 3.8) is 0 Å². The Bertz CT molecular complexity index is 892. The highest BCUT2D eigenvalue weighted by Crippen LogP contribution is 2.41. The number of ether oxygens (including phenoxy) is 1. The van der Waals surface area contributed by atoms with Crippen LogP contribution in [0.4, 0.5) is 8.78 Å². The average molecular weight is 380 g/mol. The molecule has 138 valence electrons. The van der Waals surface area contributed by atoms with E-state index in [1.165, 1.54) is 34.7 Å². The van der Waals surface area contributed by atoms with Crippen LogP contribution < -0.4 is 4.74 Å². The topological polar surface area (TPSA) is 62.9 Å². The highest BCUT2D eigenvalue weighted by atomic mass is 32.1. The van der Waals surface area contributed by atoms with Crippen LogP contribution in [0.1, 0.15) is 35.7 Å². The minimum absolute atomic E-state index is 0.0401. The lowest BCUT2D eigenvalue weighted by atomic mass is 10.00. The van der Waals surface area contributed by atoms with Crippen LogP contribution in [0.5, 0.6) is 11.6 Å². The quantitative estimate of drug-likeness (QED) is 0.732. The van der Waals surface area contributed by atoms with Gasteiger partial charge < -0.3 is 9.84 Å². The molecule has 26 heavy (non-hydrogen) atoms. The molecule has 6 nitrogen and oxygen atoms in total. The molecule has 1 atom stereocenters. The zero-order chi connectivity index (χ0) is 18.1. The van der Waals surface area contributed by atoms with Gasteiger partial charge in [0.15, 0.2) is 0 Å². The van der Waals surface area contributed by atoms with Crippen LogP contribution in [-0.4, -0.2) is 44.3 Å². The summed E-state index contributed by atoms with van der Waals surface area (Å²) in [6.07, 6.45) is 4.68. The molecule has 0 amide bonds. The van der Waals surface area contributed by atoms with E-state index in [9.17, 15) is 13.9 Å². The summed E-state index contributed by atoms with van der Waals surface area (Å²) in [5.74, 6) is 0.150. The van der Waals surface area contributed by atoms with E-state index in [0.717, 1.165) is 31.5 Å². The predicted molar refractivity (Wildman–Crippen MR) is 92.9 cm³/mol. The maximum absolute atomic E-state index is 12.6. The molecule has 3 heterocycles. The summed E-state index contributed by atoms with van der Waals surface area (Å²) in [6.45, 7) is -1.13. The molecule has 0 saturated carbocycles. The van der Waals surface area contributed by atoms with E-state index in [1.807, 2.05) is 6.07 Å². The maximum Gasteiger partial charge on any atom is 0.387 e. The fourth-order valence-electron chi connectivity index (χ4n) is 3.44. The Balaban J connectivity index is 1.78. The van der Waals surface area contributed by atoms with Crippen molar-refractivity contribution < 1.29 is 18.6 Å². The lowest BCUT2D eigenvalue weighted by Gasteiger charge is -2.34. The van der Waals surface area contributed by atoms with Crippen molar-refractivity contribution in [3.05, 3.63) is 41.0 Å². The Morgan fingerprint density at radius 3 is 2.73 bits per heavy atom. The van der Waals surface area contributed by atoms with Crippen molar-refractivity contribution in [2.45, 2.75) is 31.9 Å². The van der Waals surface area contributed by atoms with Crippen molar-refractivity contribution in [1.82, 2.24) is 19.5 Å². The van der Waals surface area contributed by atoms with E-state index in [2.05, 4.69) is 19.7 Å². The van der Waals surface area contributed by atoms with Crippen molar-refractivity contribution in [1.29, 1.82) is 0 Å². The van der Waals surface area contributed by atoms with Gasteiger partial charge in [0.1, 0.15) is 12.1 Å². The molecule has 0 unspecified atom stereocenters. The molecule has 4 rings (SSSR count). The summed E-state index contributed by atoms with van der Waals surface area (Å²) in [7, 11) is 0. The Kier molecular flexibility index (Phi) is 4.73. The lowest BCUT2D eigenvalue weighted by molar-refractivity contribution is -0.0499. The number of thiazole rings is 1.